The third kappa shape index (κ3) is 2.63. The van der Waals surface area contributed by atoms with Crippen LogP contribution in [0.25, 0.3) is 11.1 Å². The van der Waals surface area contributed by atoms with Crippen LogP contribution in [-0.4, -0.2) is 4.98 Å². The molecule has 1 nitrogen and oxygen atoms in total. The lowest BCUT2D eigenvalue weighted by Gasteiger charge is -2.10. The quantitative estimate of drug-likeness (QED) is 0.471. The highest BCUT2D eigenvalue weighted by Crippen LogP contribution is 2.40. The van der Waals surface area contributed by atoms with Gasteiger partial charge in [0, 0.05) is 11.1 Å². The van der Waals surface area contributed by atoms with Gasteiger partial charge in [-0.3, -0.25) is 0 Å². The molecule has 0 N–H and O–H groups in total. The van der Waals surface area contributed by atoms with E-state index in [1.54, 1.807) is 0 Å². The number of nitrogens with zero attached hydrogens (tertiary/aromatic N) is 1. The summed E-state index contributed by atoms with van der Waals surface area (Å²) >= 11 is 22.9. The first-order chi connectivity index (χ1) is 8.82. The largest absolute Gasteiger partial charge is 0.252 e. The van der Waals surface area contributed by atoms with Crippen LogP contribution in [0.5, 0.6) is 0 Å². The molecule has 0 aliphatic carbocycles. The number of hydrogen-bond donors (Lipinski definition) is 0. The van der Waals surface area contributed by atoms with Gasteiger partial charge >= 0.3 is 0 Å². The molecule has 0 fully saturated rings. The molecule has 0 radical (unpaired) electrons. The Balaban J connectivity index is 2.83. The Morgan fingerprint density at radius 3 is 2.00 bits per heavy atom. The molecule has 0 saturated heterocycles. The SMILES string of the molecule is Fc1nc(F)c(Cl)c(-c2cc(Cl)c(Cl)cc2Cl)c1F. The van der Waals surface area contributed by atoms with Crippen molar-refractivity contribution < 1.29 is 13.2 Å². The van der Waals surface area contributed by atoms with E-state index < -0.39 is 28.3 Å². The first-order valence-electron chi connectivity index (χ1n) is 4.67. The molecule has 0 spiro atoms. The summed E-state index contributed by atoms with van der Waals surface area (Å²) in [5.74, 6) is -4.40. The number of rotatable bonds is 1. The third-order valence-corrected chi connectivity index (χ3v) is 3.66. The Bertz CT molecular complexity index is 649. The van der Waals surface area contributed by atoms with Gasteiger partial charge in [-0.05, 0) is 12.1 Å². The second-order valence-corrected chi connectivity index (χ2v) is 5.04. The highest BCUT2D eigenvalue weighted by molar-refractivity contribution is 6.44. The van der Waals surface area contributed by atoms with Gasteiger partial charge in [-0.2, -0.15) is 13.8 Å². The molecule has 8 heteroatoms. The molecule has 1 aromatic heterocycles. The fourth-order valence-electron chi connectivity index (χ4n) is 1.44. The number of aromatic nitrogens is 1. The molecule has 1 heterocycles. The van der Waals surface area contributed by atoms with Gasteiger partial charge in [0.1, 0.15) is 5.02 Å². The van der Waals surface area contributed by atoms with Crippen LogP contribution in [0.2, 0.25) is 20.1 Å². The monoisotopic (exact) mass is 345 g/mol. The van der Waals surface area contributed by atoms with Crippen LogP contribution < -0.4 is 0 Å². The van der Waals surface area contributed by atoms with Gasteiger partial charge in [0.25, 0.3) is 5.95 Å². The normalized spacial score (nSPS) is 10.9. The minimum absolute atomic E-state index is 0.0363. The molecule has 19 heavy (non-hydrogen) atoms. The molecule has 1 aromatic carbocycles. The summed E-state index contributed by atoms with van der Waals surface area (Å²) in [6.07, 6.45) is 0. The van der Waals surface area contributed by atoms with Gasteiger partial charge in [0.05, 0.1) is 15.1 Å². The molecule has 0 atom stereocenters. The number of benzene rings is 1. The van der Waals surface area contributed by atoms with E-state index in [-0.39, 0.29) is 20.6 Å². The molecule has 0 bridgehead atoms. The molecule has 2 aromatic rings. The number of pyridine rings is 1. The van der Waals surface area contributed by atoms with Crippen LogP contribution in [0.4, 0.5) is 13.2 Å². The van der Waals surface area contributed by atoms with Crippen molar-refractivity contribution in [3.05, 3.63) is 49.9 Å². The van der Waals surface area contributed by atoms with Gasteiger partial charge in [-0.15, -0.1) is 0 Å². The molecule has 2 rings (SSSR count). The highest BCUT2D eigenvalue weighted by Gasteiger charge is 2.23. The van der Waals surface area contributed by atoms with Crippen molar-refractivity contribution in [2.45, 2.75) is 0 Å². The first kappa shape index (κ1) is 14.7. The smallest absolute Gasteiger partial charge is 0.201 e. The van der Waals surface area contributed by atoms with E-state index in [1.165, 1.54) is 6.07 Å². The van der Waals surface area contributed by atoms with Crippen LogP contribution in [0.3, 0.4) is 0 Å². The van der Waals surface area contributed by atoms with E-state index >= 15 is 0 Å². The molecule has 0 aliphatic rings. The van der Waals surface area contributed by atoms with Crippen LogP contribution in [0.15, 0.2) is 12.1 Å². The zero-order chi connectivity index (χ0) is 14.3. The summed E-state index contributed by atoms with van der Waals surface area (Å²) in [5, 5.41) is -0.601. The molecule has 100 valence electrons. The Morgan fingerprint density at radius 2 is 1.37 bits per heavy atom. The number of hydrogen-bond acceptors (Lipinski definition) is 1. The fourth-order valence-corrected chi connectivity index (χ4v) is 2.31. The standard InChI is InChI=1S/C11H2Cl4F3N/c12-4-2-6(14)5(13)1-3(4)7-8(15)10(17)19-11(18)9(7)16/h1-2H. The molecular weight excluding hydrogens is 345 g/mol. The van der Waals surface area contributed by atoms with Gasteiger partial charge in [0.15, 0.2) is 5.82 Å². The summed E-state index contributed by atoms with van der Waals surface area (Å²) in [6.45, 7) is 0. The second kappa shape index (κ2) is 5.37. The van der Waals surface area contributed by atoms with Gasteiger partial charge in [-0.25, -0.2) is 4.39 Å². The van der Waals surface area contributed by atoms with Crippen molar-refractivity contribution in [2.24, 2.45) is 0 Å². The van der Waals surface area contributed by atoms with Crippen molar-refractivity contribution in [3.8, 4) is 11.1 Å². The maximum absolute atomic E-state index is 13.7. The fraction of sp³-hybridized carbons (Fsp3) is 0. The Labute approximate surface area is 125 Å². The van der Waals surface area contributed by atoms with Crippen molar-refractivity contribution in [3.63, 3.8) is 0 Å². The Morgan fingerprint density at radius 1 is 0.789 bits per heavy atom. The predicted octanol–water partition coefficient (Wildman–Crippen LogP) is 5.78. The van der Waals surface area contributed by atoms with E-state index in [1.807, 2.05) is 0 Å². The summed E-state index contributed by atoms with van der Waals surface area (Å²) in [7, 11) is 0. The van der Waals surface area contributed by atoms with Crippen molar-refractivity contribution in [1.29, 1.82) is 0 Å². The van der Waals surface area contributed by atoms with Gasteiger partial charge in [0.2, 0.25) is 5.95 Å². The van der Waals surface area contributed by atoms with Crippen LogP contribution in [0.1, 0.15) is 0 Å². The van der Waals surface area contributed by atoms with E-state index in [4.69, 9.17) is 46.4 Å². The topological polar surface area (TPSA) is 12.9 Å². The minimum Gasteiger partial charge on any atom is -0.201 e. The lowest BCUT2D eigenvalue weighted by molar-refractivity contribution is 0.450. The maximum atomic E-state index is 13.7. The van der Waals surface area contributed by atoms with Crippen LogP contribution in [-0.2, 0) is 0 Å². The molecule has 0 amide bonds. The zero-order valence-electron chi connectivity index (χ0n) is 8.75. The van der Waals surface area contributed by atoms with Crippen molar-refractivity contribution >= 4 is 46.4 Å². The van der Waals surface area contributed by atoms with E-state index in [2.05, 4.69) is 4.98 Å². The predicted molar refractivity (Wildman–Crippen MR) is 69.6 cm³/mol. The molecule has 0 aliphatic heterocycles. The third-order valence-electron chi connectivity index (χ3n) is 2.28. The maximum Gasteiger partial charge on any atom is 0.252 e. The van der Waals surface area contributed by atoms with E-state index in [0.717, 1.165) is 6.07 Å². The van der Waals surface area contributed by atoms with E-state index in [9.17, 15) is 13.2 Å². The van der Waals surface area contributed by atoms with Crippen LogP contribution in [0, 0.1) is 17.7 Å². The lowest BCUT2D eigenvalue weighted by Crippen LogP contribution is -2.00. The highest BCUT2D eigenvalue weighted by atomic mass is 35.5. The Kier molecular flexibility index (Phi) is 4.16. The summed E-state index contributed by atoms with van der Waals surface area (Å²) in [6, 6.07) is 2.38. The summed E-state index contributed by atoms with van der Waals surface area (Å²) in [5.41, 5.74) is -0.644. The summed E-state index contributed by atoms with van der Waals surface area (Å²) in [4.78, 5) is 2.69. The van der Waals surface area contributed by atoms with Crippen molar-refractivity contribution in [1.82, 2.24) is 4.98 Å². The Hall–Kier alpha value is -0.680. The van der Waals surface area contributed by atoms with Crippen LogP contribution >= 0.6 is 46.4 Å². The second-order valence-electron chi connectivity index (χ2n) is 3.44. The zero-order valence-corrected chi connectivity index (χ0v) is 11.8. The minimum atomic E-state index is -1.63. The number of halogens is 7. The molecular formula is C11H2Cl4F3N. The van der Waals surface area contributed by atoms with Gasteiger partial charge < -0.3 is 0 Å². The average molecular weight is 347 g/mol. The van der Waals surface area contributed by atoms with E-state index in [0.29, 0.717) is 0 Å². The summed E-state index contributed by atoms with van der Waals surface area (Å²) < 4.78 is 40.1. The molecule has 0 saturated carbocycles. The first-order valence-corrected chi connectivity index (χ1v) is 6.19. The van der Waals surface area contributed by atoms with Crippen molar-refractivity contribution in [2.75, 3.05) is 0 Å². The van der Waals surface area contributed by atoms with Gasteiger partial charge in [-0.1, -0.05) is 46.4 Å². The average Bonchev–Trinajstić information content (AvgIpc) is 2.33. The lowest BCUT2D eigenvalue weighted by atomic mass is 10.1. The molecule has 0 unspecified atom stereocenters.